The first-order chi connectivity index (χ1) is 9.78. The van der Waals surface area contributed by atoms with Crippen molar-refractivity contribution >= 4 is 23.8 Å². The second-order valence-electron chi connectivity index (χ2n) is 4.50. The fourth-order valence-electron chi connectivity index (χ4n) is 1.86. The number of amides is 2. The zero-order valence-corrected chi connectivity index (χ0v) is 12.2. The normalized spacial score (nSPS) is 16.8. The Balaban J connectivity index is 2.15. The van der Waals surface area contributed by atoms with E-state index in [1.54, 1.807) is 0 Å². The summed E-state index contributed by atoms with van der Waals surface area (Å²) in [7, 11) is 0. The summed E-state index contributed by atoms with van der Waals surface area (Å²) < 4.78 is 35.7. The van der Waals surface area contributed by atoms with Crippen molar-refractivity contribution in [3.05, 3.63) is 0 Å². The Morgan fingerprint density at radius 2 is 1.81 bits per heavy atom. The van der Waals surface area contributed by atoms with Crippen LogP contribution in [-0.2, 0) is 4.79 Å². The highest BCUT2D eigenvalue weighted by Gasteiger charge is 2.27. The number of urea groups is 1. The van der Waals surface area contributed by atoms with Gasteiger partial charge in [0.05, 0.1) is 6.42 Å². The number of carbonyl (C=O) groups is 2. The van der Waals surface area contributed by atoms with Gasteiger partial charge in [0.2, 0.25) is 0 Å². The largest absolute Gasteiger partial charge is 0.481 e. The van der Waals surface area contributed by atoms with Crippen molar-refractivity contribution in [2.75, 3.05) is 45.0 Å². The van der Waals surface area contributed by atoms with Crippen LogP contribution in [0.5, 0.6) is 0 Å². The van der Waals surface area contributed by atoms with E-state index in [0.717, 1.165) is 0 Å². The Morgan fingerprint density at radius 1 is 1.19 bits per heavy atom. The summed E-state index contributed by atoms with van der Waals surface area (Å²) in [5, 5.41) is 11.0. The second-order valence-corrected chi connectivity index (χ2v) is 5.66. The predicted octanol–water partition coefficient (Wildman–Crippen LogP) is 1.04. The summed E-state index contributed by atoms with van der Waals surface area (Å²) in [6, 6.07) is -0.379. The van der Waals surface area contributed by atoms with E-state index in [1.807, 2.05) is 4.90 Å². The molecule has 1 heterocycles. The van der Waals surface area contributed by atoms with Gasteiger partial charge in [0.1, 0.15) is 0 Å². The molecule has 0 bridgehead atoms. The summed E-state index contributed by atoms with van der Waals surface area (Å²) in [6.07, 6.45) is 0.0564. The van der Waals surface area contributed by atoms with Crippen molar-refractivity contribution in [3.8, 4) is 0 Å². The number of carboxylic acid groups (broad SMARTS) is 1. The number of carboxylic acids is 1. The summed E-state index contributed by atoms with van der Waals surface area (Å²) in [5.41, 5.74) is -4.28. The minimum absolute atomic E-state index is 0.0394. The van der Waals surface area contributed by atoms with E-state index in [4.69, 9.17) is 5.11 Å². The molecule has 0 aromatic carbocycles. The zero-order valence-electron chi connectivity index (χ0n) is 11.4. The molecular formula is C11H18F3N3O3S. The standard InChI is InChI=1S/C11H18F3N3O3S/c12-11(13,14)21-8-2-15-10(20)17-6-4-16(5-7-17)3-1-9(18)19/h1-8H2,(H,15,20)(H,18,19). The lowest BCUT2D eigenvalue weighted by atomic mass is 10.3. The van der Waals surface area contributed by atoms with E-state index in [1.165, 1.54) is 4.90 Å². The summed E-state index contributed by atoms with van der Waals surface area (Å²) >= 11 is -0.165. The van der Waals surface area contributed by atoms with E-state index < -0.39 is 11.5 Å². The van der Waals surface area contributed by atoms with Gasteiger partial charge in [-0.05, 0) is 11.8 Å². The van der Waals surface area contributed by atoms with Crippen LogP contribution in [0.4, 0.5) is 18.0 Å². The molecule has 0 aromatic heterocycles. The molecule has 0 saturated carbocycles. The van der Waals surface area contributed by atoms with Crippen molar-refractivity contribution in [2.45, 2.75) is 11.9 Å². The number of hydrogen-bond donors (Lipinski definition) is 2. The van der Waals surface area contributed by atoms with Gasteiger partial charge >= 0.3 is 17.5 Å². The highest BCUT2D eigenvalue weighted by Crippen LogP contribution is 2.29. The number of alkyl halides is 3. The topological polar surface area (TPSA) is 72.9 Å². The molecule has 1 rings (SSSR count). The van der Waals surface area contributed by atoms with Crippen LogP contribution in [0.2, 0.25) is 0 Å². The van der Waals surface area contributed by atoms with E-state index in [2.05, 4.69) is 5.32 Å². The highest BCUT2D eigenvalue weighted by atomic mass is 32.2. The van der Waals surface area contributed by atoms with E-state index >= 15 is 0 Å². The van der Waals surface area contributed by atoms with Crippen LogP contribution in [0.1, 0.15) is 6.42 Å². The Morgan fingerprint density at radius 3 is 2.33 bits per heavy atom. The number of nitrogens with zero attached hydrogens (tertiary/aromatic N) is 2. The second kappa shape index (κ2) is 8.32. The number of carbonyl (C=O) groups excluding carboxylic acids is 1. The Bertz CT molecular complexity index is 360. The van der Waals surface area contributed by atoms with Gasteiger partial charge in [-0.15, -0.1) is 0 Å². The maximum absolute atomic E-state index is 11.9. The molecule has 1 fully saturated rings. The molecule has 21 heavy (non-hydrogen) atoms. The first kappa shape index (κ1) is 17.9. The SMILES string of the molecule is O=C(O)CCN1CCN(C(=O)NCCSC(F)(F)F)CC1. The number of hydrogen-bond acceptors (Lipinski definition) is 4. The number of aliphatic carboxylic acids is 1. The smallest absolute Gasteiger partial charge is 0.441 e. The molecule has 0 aliphatic carbocycles. The predicted molar refractivity (Wildman–Crippen MR) is 72.2 cm³/mol. The maximum atomic E-state index is 11.9. The molecule has 2 N–H and O–H groups in total. The lowest BCUT2D eigenvalue weighted by molar-refractivity contribution is -0.137. The van der Waals surface area contributed by atoms with Gasteiger partial charge in [-0.3, -0.25) is 9.69 Å². The van der Waals surface area contributed by atoms with Crippen LogP contribution in [0.25, 0.3) is 0 Å². The fraction of sp³-hybridized carbons (Fsp3) is 0.818. The number of piperazine rings is 1. The van der Waals surface area contributed by atoms with Gasteiger partial charge in [-0.2, -0.15) is 13.2 Å². The molecule has 0 radical (unpaired) electrons. The van der Waals surface area contributed by atoms with Gasteiger partial charge in [0.25, 0.3) is 0 Å². The Hall–Kier alpha value is -1.16. The van der Waals surface area contributed by atoms with Crippen LogP contribution in [0, 0.1) is 0 Å². The molecule has 10 heteroatoms. The first-order valence-electron chi connectivity index (χ1n) is 6.45. The lowest BCUT2D eigenvalue weighted by Crippen LogP contribution is -2.52. The third-order valence-electron chi connectivity index (χ3n) is 2.95. The van der Waals surface area contributed by atoms with E-state index in [0.29, 0.717) is 32.7 Å². The first-order valence-corrected chi connectivity index (χ1v) is 7.44. The van der Waals surface area contributed by atoms with Crippen molar-refractivity contribution in [2.24, 2.45) is 0 Å². The van der Waals surface area contributed by atoms with Gasteiger partial charge in [-0.1, -0.05) is 0 Å². The molecule has 1 saturated heterocycles. The van der Waals surface area contributed by atoms with Crippen LogP contribution < -0.4 is 5.32 Å². The Kier molecular flexibility index (Phi) is 7.09. The molecule has 0 atom stereocenters. The van der Waals surface area contributed by atoms with E-state index in [9.17, 15) is 22.8 Å². The van der Waals surface area contributed by atoms with Crippen molar-refractivity contribution in [1.82, 2.24) is 15.1 Å². The average Bonchev–Trinajstić information content (AvgIpc) is 2.40. The minimum atomic E-state index is -4.28. The van der Waals surface area contributed by atoms with Crippen LogP contribution in [-0.4, -0.2) is 77.4 Å². The molecule has 1 aliphatic heterocycles. The van der Waals surface area contributed by atoms with Crippen molar-refractivity contribution in [1.29, 1.82) is 0 Å². The maximum Gasteiger partial charge on any atom is 0.441 e. The van der Waals surface area contributed by atoms with Gasteiger partial charge in [0, 0.05) is 45.0 Å². The lowest BCUT2D eigenvalue weighted by Gasteiger charge is -2.34. The fourth-order valence-corrected chi connectivity index (χ4v) is 2.30. The van der Waals surface area contributed by atoms with Gasteiger partial charge in [-0.25, -0.2) is 4.79 Å². The van der Waals surface area contributed by atoms with E-state index in [-0.39, 0.29) is 36.5 Å². The summed E-state index contributed by atoms with van der Waals surface area (Å²) in [4.78, 5) is 25.6. The molecular weight excluding hydrogens is 311 g/mol. The van der Waals surface area contributed by atoms with Gasteiger partial charge in [0.15, 0.2) is 0 Å². The zero-order chi connectivity index (χ0) is 15.9. The summed E-state index contributed by atoms with van der Waals surface area (Å²) in [5.74, 6) is -1.08. The summed E-state index contributed by atoms with van der Waals surface area (Å²) in [6.45, 7) is 2.42. The molecule has 122 valence electrons. The van der Waals surface area contributed by atoms with Crippen LogP contribution in [0.3, 0.4) is 0 Å². The third-order valence-corrected chi connectivity index (χ3v) is 3.68. The number of halogens is 3. The van der Waals surface area contributed by atoms with Crippen LogP contribution >= 0.6 is 11.8 Å². The molecule has 0 spiro atoms. The monoisotopic (exact) mass is 329 g/mol. The third kappa shape index (κ3) is 8.00. The minimum Gasteiger partial charge on any atom is -0.481 e. The number of rotatable bonds is 6. The van der Waals surface area contributed by atoms with Crippen molar-refractivity contribution in [3.63, 3.8) is 0 Å². The molecule has 2 amide bonds. The molecule has 6 nitrogen and oxygen atoms in total. The van der Waals surface area contributed by atoms with Gasteiger partial charge < -0.3 is 15.3 Å². The Labute approximate surface area is 124 Å². The van der Waals surface area contributed by atoms with Crippen LogP contribution in [0.15, 0.2) is 0 Å². The highest BCUT2D eigenvalue weighted by molar-refractivity contribution is 8.00. The molecule has 1 aliphatic rings. The molecule has 0 aromatic rings. The average molecular weight is 329 g/mol. The quantitative estimate of drug-likeness (QED) is 0.713. The number of thioether (sulfide) groups is 1. The number of nitrogens with one attached hydrogen (secondary N) is 1. The molecule has 0 unspecified atom stereocenters. The van der Waals surface area contributed by atoms with Crippen molar-refractivity contribution < 1.29 is 27.9 Å².